The van der Waals surface area contributed by atoms with Crippen molar-refractivity contribution in [3.05, 3.63) is 23.3 Å². The third-order valence-corrected chi connectivity index (χ3v) is 2.59. The van der Waals surface area contributed by atoms with E-state index in [2.05, 4.69) is 11.7 Å². The van der Waals surface area contributed by atoms with Gasteiger partial charge in [-0.05, 0) is 37.0 Å². The first-order valence-corrected chi connectivity index (χ1v) is 5.77. The molecule has 1 aromatic rings. The molecule has 4 heteroatoms. The van der Waals surface area contributed by atoms with E-state index < -0.39 is 6.16 Å². The van der Waals surface area contributed by atoms with Crippen LogP contribution in [-0.4, -0.2) is 16.4 Å². The molecule has 1 rings (SSSR count). The molecule has 1 aromatic carbocycles. The number of hydrogen-bond acceptors (Lipinski definition) is 3. The first-order valence-electron chi connectivity index (χ1n) is 5.77. The molecule has 0 bridgehead atoms. The van der Waals surface area contributed by atoms with Crippen molar-refractivity contribution in [3.63, 3.8) is 0 Å². The van der Waals surface area contributed by atoms with Crippen LogP contribution in [0.3, 0.4) is 0 Å². The molecule has 2 N–H and O–H groups in total. The van der Waals surface area contributed by atoms with Gasteiger partial charge in [0.2, 0.25) is 0 Å². The van der Waals surface area contributed by atoms with Crippen molar-refractivity contribution in [1.82, 2.24) is 0 Å². The molecule has 4 nitrogen and oxygen atoms in total. The number of phenolic OH excluding ortho intramolecular Hbond substituents is 1. The monoisotopic (exact) mass is 238 g/mol. The molecule has 0 saturated carbocycles. The van der Waals surface area contributed by atoms with E-state index in [1.807, 2.05) is 6.07 Å². The second-order valence-electron chi connectivity index (χ2n) is 4.08. The van der Waals surface area contributed by atoms with Gasteiger partial charge in [0.05, 0.1) is 0 Å². The van der Waals surface area contributed by atoms with Gasteiger partial charge in [0.1, 0.15) is 0 Å². The standard InChI is InChI=1S/C13H18O4/c1-3-4-5-6-10-7-9(2)12(14)11(8-10)17-13(15)16/h7-8,14H,3-6H2,1-2H3,(H,15,16). The third-order valence-electron chi connectivity index (χ3n) is 2.59. The maximum atomic E-state index is 10.5. The summed E-state index contributed by atoms with van der Waals surface area (Å²) in [5.74, 6) is -0.0874. The van der Waals surface area contributed by atoms with Crippen LogP contribution in [0.4, 0.5) is 4.79 Å². The van der Waals surface area contributed by atoms with Crippen LogP contribution >= 0.6 is 0 Å². The lowest BCUT2D eigenvalue weighted by Crippen LogP contribution is -2.04. The lowest BCUT2D eigenvalue weighted by atomic mass is 10.0. The lowest BCUT2D eigenvalue weighted by Gasteiger charge is -2.09. The number of carboxylic acid groups (broad SMARTS) is 1. The van der Waals surface area contributed by atoms with Crippen molar-refractivity contribution < 1.29 is 19.7 Å². The second kappa shape index (κ2) is 6.13. The van der Waals surface area contributed by atoms with Crippen LogP contribution < -0.4 is 4.74 Å². The zero-order chi connectivity index (χ0) is 12.8. The highest BCUT2D eigenvalue weighted by Crippen LogP contribution is 2.31. The molecule has 0 spiro atoms. The van der Waals surface area contributed by atoms with E-state index in [1.165, 1.54) is 0 Å². The molecule has 0 fully saturated rings. The number of unbranched alkanes of at least 4 members (excludes halogenated alkanes) is 2. The van der Waals surface area contributed by atoms with Crippen LogP contribution in [0.2, 0.25) is 0 Å². The summed E-state index contributed by atoms with van der Waals surface area (Å²) in [5.41, 5.74) is 1.63. The van der Waals surface area contributed by atoms with Crippen LogP contribution in [0.1, 0.15) is 37.3 Å². The predicted molar refractivity (Wildman–Crippen MR) is 64.7 cm³/mol. The Bertz CT molecular complexity index is 399. The van der Waals surface area contributed by atoms with E-state index in [9.17, 15) is 9.90 Å². The summed E-state index contributed by atoms with van der Waals surface area (Å²) in [7, 11) is 0. The number of benzene rings is 1. The lowest BCUT2D eigenvalue weighted by molar-refractivity contribution is 0.143. The molecule has 0 unspecified atom stereocenters. The zero-order valence-electron chi connectivity index (χ0n) is 10.2. The Morgan fingerprint density at radius 3 is 2.65 bits per heavy atom. The van der Waals surface area contributed by atoms with Gasteiger partial charge in [-0.25, -0.2) is 4.79 Å². The number of hydrogen-bond donors (Lipinski definition) is 2. The Morgan fingerprint density at radius 1 is 1.35 bits per heavy atom. The Labute approximate surface area is 101 Å². The van der Waals surface area contributed by atoms with Crippen LogP contribution in [0.15, 0.2) is 12.1 Å². The average Bonchev–Trinajstić information content (AvgIpc) is 2.25. The zero-order valence-corrected chi connectivity index (χ0v) is 10.2. The minimum atomic E-state index is -1.41. The largest absolute Gasteiger partial charge is 0.511 e. The van der Waals surface area contributed by atoms with Gasteiger partial charge in [-0.2, -0.15) is 0 Å². The van der Waals surface area contributed by atoms with Crippen LogP contribution in [0, 0.1) is 6.92 Å². The highest BCUT2D eigenvalue weighted by molar-refractivity contribution is 5.64. The summed E-state index contributed by atoms with van der Waals surface area (Å²) in [6.07, 6.45) is 2.77. The minimum Gasteiger partial charge on any atom is -0.504 e. The Morgan fingerprint density at radius 2 is 2.06 bits per heavy atom. The molecule has 0 atom stereocenters. The van der Waals surface area contributed by atoms with Gasteiger partial charge in [0.25, 0.3) is 0 Å². The highest BCUT2D eigenvalue weighted by atomic mass is 16.7. The summed E-state index contributed by atoms with van der Waals surface area (Å²) < 4.78 is 4.54. The number of ether oxygens (including phenoxy) is 1. The van der Waals surface area contributed by atoms with E-state index in [0.717, 1.165) is 31.2 Å². The molecule has 0 radical (unpaired) electrons. The van der Waals surface area contributed by atoms with Crippen LogP contribution in [0.5, 0.6) is 11.5 Å². The Hall–Kier alpha value is -1.71. The quantitative estimate of drug-likeness (QED) is 0.468. The average molecular weight is 238 g/mol. The minimum absolute atomic E-state index is 0.0176. The van der Waals surface area contributed by atoms with Crippen molar-refractivity contribution in [3.8, 4) is 11.5 Å². The SMILES string of the molecule is CCCCCc1cc(C)c(O)c(OC(=O)O)c1. The number of phenols is 1. The van der Waals surface area contributed by atoms with E-state index >= 15 is 0 Å². The van der Waals surface area contributed by atoms with Crippen molar-refractivity contribution in [2.75, 3.05) is 0 Å². The molecule has 0 aliphatic heterocycles. The molecule has 0 amide bonds. The van der Waals surface area contributed by atoms with E-state index in [1.54, 1.807) is 13.0 Å². The molecule has 0 aliphatic carbocycles. The molecular weight excluding hydrogens is 220 g/mol. The summed E-state index contributed by atoms with van der Waals surface area (Å²) in [6.45, 7) is 3.86. The number of aromatic hydroxyl groups is 1. The van der Waals surface area contributed by atoms with Gasteiger partial charge in [-0.1, -0.05) is 25.8 Å². The van der Waals surface area contributed by atoms with Gasteiger partial charge in [-0.3, -0.25) is 0 Å². The van der Waals surface area contributed by atoms with Crippen molar-refractivity contribution in [2.24, 2.45) is 0 Å². The molecule has 0 aromatic heterocycles. The maximum Gasteiger partial charge on any atom is 0.511 e. The van der Waals surface area contributed by atoms with Crippen LogP contribution in [0.25, 0.3) is 0 Å². The van der Waals surface area contributed by atoms with Crippen LogP contribution in [-0.2, 0) is 6.42 Å². The van der Waals surface area contributed by atoms with Crippen molar-refractivity contribution in [1.29, 1.82) is 0 Å². The summed E-state index contributed by atoms with van der Waals surface area (Å²) in [6, 6.07) is 3.45. The highest BCUT2D eigenvalue weighted by Gasteiger charge is 2.11. The third kappa shape index (κ3) is 3.98. The summed E-state index contributed by atoms with van der Waals surface area (Å²) in [4.78, 5) is 10.5. The van der Waals surface area contributed by atoms with Gasteiger partial charge < -0.3 is 14.9 Å². The van der Waals surface area contributed by atoms with Crippen molar-refractivity contribution in [2.45, 2.75) is 39.5 Å². The van der Waals surface area contributed by atoms with Gasteiger partial charge in [-0.15, -0.1) is 0 Å². The fourth-order valence-electron chi connectivity index (χ4n) is 1.71. The number of aryl methyl sites for hydroxylation is 2. The van der Waals surface area contributed by atoms with Crippen molar-refractivity contribution >= 4 is 6.16 Å². The maximum absolute atomic E-state index is 10.5. The topological polar surface area (TPSA) is 66.8 Å². The number of rotatable bonds is 5. The summed E-state index contributed by atoms with van der Waals surface area (Å²) in [5, 5.41) is 18.2. The van der Waals surface area contributed by atoms with E-state index in [-0.39, 0.29) is 11.5 Å². The van der Waals surface area contributed by atoms with Gasteiger partial charge >= 0.3 is 6.16 Å². The normalized spacial score (nSPS) is 10.2. The van der Waals surface area contributed by atoms with E-state index in [4.69, 9.17) is 5.11 Å². The first-order chi connectivity index (χ1) is 8.04. The molecule has 0 saturated heterocycles. The molecule has 0 heterocycles. The molecule has 94 valence electrons. The predicted octanol–water partition coefficient (Wildman–Crippen LogP) is 3.49. The molecular formula is C13H18O4. The Kier molecular flexibility index (Phi) is 4.82. The Balaban J connectivity index is 2.85. The molecule has 0 aliphatic rings. The number of carbonyl (C=O) groups is 1. The first kappa shape index (κ1) is 13.4. The molecule has 17 heavy (non-hydrogen) atoms. The fourth-order valence-corrected chi connectivity index (χ4v) is 1.71. The van der Waals surface area contributed by atoms with Gasteiger partial charge in [0.15, 0.2) is 11.5 Å². The van der Waals surface area contributed by atoms with E-state index in [0.29, 0.717) is 5.56 Å². The smallest absolute Gasteiger partial charge is 0.504 e. The fraction of sp³-hybridized carbons (Fsp3) is 0.462. The summed E-state index contributed by atoms with van der Waals surface area (Å²) >= 11 is 0. The van der Waals surface area contributed by atoms with Gasteiger partial charge in [0, 0.05) is 0 Å². The second-order valence-corrected chi connectivity index (χ2v) is 4.08.